The highest BCUT2D eigenvalue weighted by Gasteiger charge is 2.53. The first-order chi connectivity index (χ1) is 27.2. The molecule has 2 N–H and O–H groups in total. The van der Waals surface area contributed by atoms with Crippen LogP contribution in [0.15, 0.2) is 60.8 Å². The highest BCUT2D eigenvalue weighted by molar-refractivity contribution is 6.31. The molecule has 290 valence electrons. The Morgan fingerprint density at radius 1 is 0.982 bits per heavy atom. The van der Waals surface area contributed by atoms with Crippen LogP contribution in [-0.4, -0.2) is 88.9 Å². The van der Waals surface area contributed by atoms with Gasteiger partial charge < -0.3 is 24.4 Å². The van der Waals surface area contributed by atoms with Crippen molar-refractivity contribution < 1.29 is 19.1 Å². The largest absolute Gasteiger partial charge is 0.490 e. The molecule has 4 aromatic rings. The van der Waals surface area contributed by atoms with E-state index in [9.17, 15) is 14.4 Å². The molecule has 14 heteroatoms. The molecule has 56 heavy (non-hydrogen) atoms. The molecule has 5 aliphatic rings. The van der Waals surface area contributed by atoms with Gasteiger partial charge in [0.1, 0.15) is 11.8 Å². The van der Waals surface area contributed by atoms with Crippen molar-refractivity contribution in [3.05, 3.63) is 77.1 Å². The number of imide groups is 1. The van der Waals surface area contributed by atoms with Gasteiger partial charge in [0.2, 0.25) is 5.91 Å². The quantitative estimate of drug-likeness (QED) is 0.207. The van der Waals surface area contributed by atoms with Crippen molar-refractivity contribution >= 4 is 51.9 Å². The third-order valence-corrected chi connectivity index (χ3v) is 13.0. The van der Waals surface area contributed by atoms with Gasteiger partial charge in [0, 0.05) is 75.4 Å². The first-order valence-corrected chi connectivity index (χ1v) is 20.3. The fourth-order valence-corrected chi connectivity index (χ4v) is 9.92. The number of amides is 4. The van der Waals surface area contributed by atoms with Crippen LogP contribution in [0.1, 0.15) is 79.9 Å². The summed E-state index contributed by atoms with van der Waals surface area (Å²) in [5, 5.41) is 24.9. The highest BCUT2D eigenvalue weighted by atomic mass is 35.5. The Kier molecular flexibility index (Phi) is 9.79. The summed E-state index contributed by atoms with van der Waals surface area (Å²) >= 11 is 6.15. The number of piperidine rings is 1. The average Bonchev–Trinajstić information content (AvgIpc) is 3.61. The lowest BCUT2D eigenvalue weighted by molar-refractivity contribution is -0.120. The number of nitrogens with zero attached hydrogens (tertiary/aromatic N) is 7. The van der Waals surface area contributed by atoms with Gasteiger partial charge in [-0.2, -0.15) is 5.26 Å². The Balaban J connectivity index is 0.691. The molecule has 5 heterocycles. The van der Waals surface area contributed by atoms with Crippen molar-refractivity contribution in [3.63, 3.8) is 0 Å². The second-order valence-electron chi connectivity index (χ2n) is 16.4. The maximum absolute atomic E-state index is 13.0. The van der Waals surface area contributed by atoms with E-state index >= 15 is 0 Å². The van der Waals surface area contributed by atoms with E-state index in [1.54, 1.807) is 29.2 Å². The van der Waals surface area contributed by atoms with Gasteiger partial charge in [-0.3, -0.25) is 19.8 Å². The van der Waals surface area contributed by atoms with E-state index in [1.165, 1.54) is 12.8 Å². The topological polar surface area (TPSA) is 149 Å². The van der Waals surface area contributed by atoms with E-state index in [2.05, 4.69) is 59.6 Å². The third kappa shape index (κ3) is 7.28. The van der Waals surface area contributed by atoms with Gasteiger partial charge in [-0.1, -0.05) is 17.7 Å². The van der Waals surface area contributed by atoms with Gasteiger partial charge in [0.25, 0.3) is 5.91 Å². The van der Waals surface area contributed by atoms with Crippen LogP contribution in [0.4, 0.5) is 16.3 Å². The summed E-state index contributed by atoms with van der Waals surface area (Å²) in [5.74, 6) is 1.72. The number of rotatable bonds is 9. The minimum atomic E-state index is -0.347. The van der Waals surface area contributed by atoms with E-state index < -0.39 is 0 Å². The Labute approximate surface area is 330 Å². The Morgan fingerprint density at radius 2 is 1.79 bits per heavy atom. The standard InChI is InChI=1S/C42H46ClN9O4/c43-34-20-32(7-4-28(34)23-44)56-31-8-5-29(6-9-31)45-40(54)35-10-11-38(48-47-35)50-16-12-27(13-17-50)24-49-25-42(26-49)21-30(22-42)51-18-14-33-36(51)2-1-3-37(33)52-19-15-39(53)46-41(52)55/h1-4,7,10-11,14,18,20,27,29-31H,5-6,8-9,12-13,15-17,19,21-22,24-26H2,(H,45,54)(H,46,53,55)/t29-,31-. The Hall–Kier alpha value is -5.19. The van der Waals surface area contributed by atoms with E-state index in [-0.39, 0.29) is 30.0 Å². The lowest BCUT2D eigenvalue weighted by atomic mass is 9.60. The Morgan fingerprint density at radius 3 is 2.50 bits per heavy atom. The molecule has 2 saturated carbocycles. The summed E-state index contributed by atoms with van der Waals surface area (Å²) < 4.78 is 8.48. The number of nitrogens with one attached hydrogen (secondary N) is 2. The Bertz CT molecular complexity index is 2170. The maximum atomic E-state index is 13.0. The lowest BCUT2D eigenvalue weighted by Gasteiger charge is -2.60. The minimum absolute atomic E-state index is 0.0377. The zero-order chi connectivity index (χ0) is 38.4. The molecule has 3 aliphatic heterocycles. The fourth-order valence-electron chi connectivity index (χ4n) is 9.71. The number of hydrogen-bond donors (Lipinski definition) is 2. The summed E-state index contributed by atoms with van der Waals surface area (Å²) in [4.78, 5) is 43.8. The van der Waals surface area contributed by atoms with E-state index in [0.29, 0.717) is 52.4 Å². The first-order valence-electron chi connectivity index (χ1n) is 19.9. The maximum Gasteiger partial charge on any atom is 0.328 e. The number of aromatic nitrogens is 3. The van der Waals surface area contributed by atoms with E-state index in [1.807, 2.05) is 18.2 Å². The number of ether oxygens (including phenoxy) is 1. The molecule has 5 fully saturated rings. The van der Waals surface area contributed by atoms with Crippen LogP contribution in [-0.2, 0) is 4.79 Å². The molecule has 1 spiro atoms. The number of carbonyl (C=O) groups excluding carboxylic acids is 3. The number of hydrogen-bond acceptors (Lipinski definition) is 9. The molecule has 2 aromatic carbocycles. The molecule has 0 bridgehead atoms. The summed E-state index contributed by atoms with van der Waals surface area (Å²) in [5.41, 5.74) is 3.17. The van der Waals surface area contributed by atoms with Gasteiger partial charge in [-0.05, 0) is 105 Å². The molecule has 0 unspecified atom stereocenters. The fraction of sp³-hybridized carbons (Fsp3) is 0.476. The SMILES string of the molecule is N#Cc1ccc(O[C@H]2CC[C@H](NC(=O)c3ccc(N4CCC(CN5CC6(CC(n7ccc8c(N9CCC(=O)NC9=O)cccc87)C6)C5)CC4)nn3)CC2)cc1Cl. The molecule has 0 atom stereocenters. The predicted octanol–water partition coefficient (Wildman–Crippen LogP) is 6.08. The highest BCUT2D eigenvalue weighted by Crippen LogP contribution is 2.55. The minimum Gasteiger partial charge on any atom is -0.490 e. The van der Waals surface area contributed by atoms with Crippen LogP contribution in [0.5, 0.6) is 5.75 Å². The number of urea groups is 1. The van der Waals surface area contributed by atoms with Crippen molar-refractivity contribution in [1.82, 2.24) is 30.3 Å². The number of fused-ring (bicyclic) bond motifs is 1. The molecule has 3 saturated heterocycles. The van der Waals surface area contributed by atoms with Gasteiger partial charge >= 0.3 is 6.03 Å². The van der Waals surface area contributed by atoms with Gasteiger partial charge in [0.05, 0.1) is 27.9 Å². The monoisotopic (exact) mass is 775 g/mol. The predicted molar refractivity (Wildman–Crippen MR) is 212 cm³/mol. The molecule has 0 radical (unpaired) electrons. The second-order valence-corrected chi connectivity index (χ2v) is 16.9. The second kappa shape index (κ2) is 15.0. The molecular weight excluding hydrogens is 730 g/mol. The molecule has 4 amide bonds. The molecule has 2 aliphatic carbocycles. The van der Waals surface area contributed by atoms with Crippen LogP contribution in [0.3, 0.4) is 0 Å². The number of anilines is 2. The van der Waals surface area contributed by atoms with Crippen molar-refractivity contribution in [1.29, 1.82) is 5.26 Å². The molecule has 2 aromatic heterocycles. The number of benzene rings is 2. The zero-order valence-corrected chi connectivity index (χ0v) is 32.1. The summed E-state index contributed by atoms with van der Waals surface area (Å²) in [7, 11) is 0. The zero-order valence-electron chi connectivity index (χ0n) is 31.3. The van der Waals surface area contributed by atoms with Crippen molar-refractivity contribution in [3.8, 4) is 11.8 Å². The van der Waals surface area contributed by atoms with Gasteiger partial charge in [0.15, 0.2) is 11.5 Å². The van der Waals surface area contributed by atoms with Crippen LogP contribution in [0.25, 0.3) is 10.9 Å². The smallest absolute Gasteiger partial charge is 0.328 e. The lowest BCUT2D eigenvalue weighted by Crippen LogP contribution is -2.63. The van der Waals surface area contributed by atoms with Gasteiger partial charge in [-0.25, -0.2) is 4.79 Å². The van der Waals surface area contributed by atoms with Crippen LogP contribution < -0.4 is 25.2 Å². The average molecular weight is 776 g/mol. The summed E-state index contributed by atoms with van der Waals surface area (Å²) in [6.07, 6.45) is 10.3. The summed E-state index contributed by atoms with van der Waals surface area (Å²) in [6.45, 7) is 5.73. The normalized spacial score (nSPS) is 23.0. The molecule has 9 rings (SSSR count). The number of carbonyl (C=O) groups is 3. The van der Waals surface area contributed by atoms with Crippen molar-refractivity contribution in [2.45, 2.75) is 76.0 Å². The van der Waals surface area contributed by atoms with Crippen molar-refractivity contribution in [2.75, 3.05) is 49.1 Å². The van der Waals surface area contributed by atoms with Crippen molar-refractivity contribution in [2.24, 2.45) is 11.3 Å². The first kappa shape index (κ1) is 36.4. The number of likely N-dealkylation sites (tertiary alicyclic amines) is 1. The third-order valence-electron chi connectivity index (χ3n) is 12.6. The van der Waals surface area contributed by atoms with E-state index in [4.69, 9.17) is 21.6 Å². The van der Waals surface area contributed by atoms with Gasteiger partial charge in [-0.15, -0.1) is 10.2 Å². The number of nitriles is 1. The summed E-state index contributed by atoms with van der Waals surface area (Å²) in [6, 6.07) is 19.3. The van der Waals surface area contributed by atoms with Crippen LogP contribution in [0, 0.1) is 22.7 Å². The molecular formula is C42H46ClN9O4. The number of halogens is 1. The van der Waals surface area contributed by atoms with Crippen LogP contribution >= 0.6 is 11.6 Å². The van der Waals surface area contributed by atoms with Crippen LogP contribution in [0.2, 0.25) is 5.02 Å². The molecule has 13 nitrogen and oxygen atoms in total. The van der Waals surface area contributed by atoms with E-state index in [0.717, 1.165) is 93.7 Å².